The number of rotatable bonds is 6. The van der Waals surface area contributed by atoms with Crippen LogP contribution in [0, 0.1) is 5.92 Å². The molecule has 15 heteroatoms. The number of hydrogen-bond donors (Lipinski definition) is 2. The third-order valence-electron chi connectivity index (χ3n) is 6.66. The molecule has 7 nitrogen and oxygen atoms in total. The first-order valence-electron chi connectivity index (χ1n) is 12.4. The van der Waals surface area contributed by atoms with Crippen molar-refractivity contribution in [2.45, 2.75) is 38.7 Å². The minimum Gasteiger partial charge on any atom is -0.340 e. The van der Waals surface area contributed by atoms with Crippen LogP contribution in [0.5, 0.6) is 0 Å². The van der Waals surface area contributed by atoms with Crippen molar-refractivity contribution in [3.8, 4) is 0 Å². The van der Waals surface area contributed by atoms with Gasteiger partial charge in [-0.15, -0.1) is 0 Å². The van der Waals surface area contributed by atoms with Gasteiger partial charge in [-0.1, -0.05) is 43.5 Å². The Labute approximate surface area is 241 Å². The lowest BCUT2D eigenvalue weighted by molar-refractivity contribution is -0.143. The molecule has 0 spiro atoms. The van der Waals surface area contributed by atoms with Gasteiger partial charge >= 0.3 is 18.4 Å². The van der Waals surface area contributed by atoms with Crippen LogP contribution in [0.3, 0.4) is 0 Å². The maximum absolute atomic E-state index is 13.4. The summed E-state index contributed by atoms with van der Waals surface area (Å²) in [6.07, 6.45) is -9.89. The standard InChI is InChI=1S/C26H26Cl2F6N4O3/c1-3-14(2)21(36-22(39)15-10-16(25(29,30)31)12-17(11-15)26(32,33)34)23(40)37-6-8-38(9-7-37)24(41)35-18-4-5-19(27)20(28)13-18/h4-5,10-14,21H,3,6-9H2,1-2H3,(H,35,41)(H,36,39). The van der Waals surface area contributed by atoms with Crippen molar-refractivity contribution >= 4 is 46.7 Å². The van der Waals surface area contributed by atoms with Crippen molar-refractivity contribution < 1.29 is 40.7 Å². The van der Waals surface area contributed by atoms with E-state index in [1.165, 1.54) is 21.9 Å². The van der Waals surface area contributed by atoms with Crippen LogP contribution in [0.15, 0.2) is 36.4 Å². The number of halogens is 8. The fourth-order valence-corrected chi connectivity index (χ4v) is 4.39. The van der Waals surface area contributed by atoms with E-state index in [1.807, 2.05) is 0 Å². The molecule has 1 saturated heterocycles. The molecule has 2 atom stereocenters. The van der Waals surface area contributed by atoms with Crippen molar-refractivity contribution in [2.75, 3.05) is 31.5 Å². The molecule has 2 N–H and O–H groups in total. The van der Waals surface area contributed by atoms with E-state index in [4.69, 9.17) is 23.2 Å². The summed E-state index contributed by atoms with van der Waals surface area (Å²) in [6.45, 7) is 3.76. The van der Waals surface area contributed by atoms with Gasteiger partial charge < -0.3 is 20.4 Å². The number of alkyl halides is 6. The summed E-state index contributed by atoms with van der Waals surface area (Å²) in [5, 5.41) is 5.57. The Hall–Kier alpha value is -3.19. The number of carbonyl (C=O) groups is 3. The van der Waals surface area contributed by atoms with Gasteiger partial charge in [0.1, 0.15) is 6.04 Å². The van der Waals surface area contributed by atoms with Crippen molar-refractivity contribution in [2.24, 2.45) is 5.92 Å². The average Bonchev–Trinajstić information content (AvgIpc) is 2.91. The Bertz CT molecular complexity index is 1260. The lowest BCUT2D eigenvalue weighted by atomic mass is 9.96. The molecule has 0 saturated carbocycles. The van der Waals surface area contributed by atoms with Crippen LogP contribution in [0.1, 0.15) is 41.8 Å². The average molecular weight is 627 g/mol. The first-order chi connectivity index (χ1) is 19.0. The van der Waals surface area contributed by atoms with Crippen LogP contribution in [-0.4, -0.2) is 59.9 Å². The molecule has 0 aliphatic carbocycles. The summed E-state index contributed by atoms with van der Waals surface area (Å²) in [7, 11) is 0. The van der Waals surface area contributed by atoms with E-state index in [0.29, 0.717) is 29.3 Å². The van der Waals surface area contributed by atoms with Gasteiger partial charge in [-0.05, 0) is 42.3 Å². The van der Waals surface area contributed by atoms with E-state index in [0.717, 1.165) is 0 Å². The molecule has 4 amide bonds. The van der Waals surface area contributed by atoms with E-state index >= 15 is 0 Å². The molecule has 0 bridgehead atoms. The highest BCUT2D eigenvalue weighted by atomic mass is 35.5. The normalized spacial score (nSPS) is 15.8. The van der Waals surface area contributed by atoms with Crippen LogP contribution >= 0.6 is 23.2 Å². The number of hydrogen-bond acceptors (Lipinski definition) is 3. The minimum absolute atomic E-state index is 0.0781. The smallest absolute Gasteiger partial charge is 0.340 e. The number of anilines is 1. The van der Waals surface area contributed by atoms with Gasteiger partial charge in [-0.3, -0.25) is 9.59 Å². The number of amides is 4. The van der Waals surface area contributed by atoms with Gasteiger partial charge in [0.15, 0.2) is 0 Å². The summed E-state index contributed by atoms with van der Waals surface area (Å²) in [6, 6.07) is 3.42. The molecule has 1 fully saturated rings. The predicted octanol–water partition coefficient (Wildman–Crippen LogP) is 6.55. The molecule has 2 aromatic carbocycles. The van der Waals surface area contributed by atoms with E-state index in [2.05, 4.69) is 10.6 Å². The van der Waals surface area contributed by atoms with Gasteiger partial charge in [-0.25, -0.2) is 4.79 Å². The number of urea groups is 1. The Morgan fingerprint density at radius 3 is 1.88 bits per heavy atom. The Kier molecular flexibility index (Phi) is 10.1. The second-order valence-corrected chi connectivity index (χ2v) is 10.3. The van der Waals surface area contributed by atoms with Crippen molar-refractivity contribution in [3.05, 3.63) is 63.1 Å². The predicted molar refractivity (Wildman–Crippen MR) is 141 cm³/mol. The second-order valence-electron chi connectivity index (χ2n) is 9.50. The number of piperazine rings is 1. The monoisotopic (exact) mass is 626 g/mol. The molecule has 41 heavy (non-hydrogen) atoms. The Morgan fingerprint density at radius 1 is 0.854 bits per heavy atom. The minimum atomic E-state index is -5.13. The lowest BCUT2D eigenvalue weighted by Crippen LogP contribution is -2.57. The zero-order chi connectivity index (χ0) is 30.7. The third-order valence-corrected chi connectivity index (χ3v) is 7.40. The van der Waals surface area contributed by atoms with Gasteiger partial charge in [0.2, 0.25) is 5.91 Å². The van der Waals surface area contributed by atoms with Crippen LogP contribution in [0.2, 0.25) is 10.0 Å². The molecular weight excluding hydrogens is 601 g/mol. The molecule has 0 radical (unpaired) electrons. The van der Waals surface area contributed by atoms with E-state index in [9.17, 15) is 40.7 Å². The van der Waals surface area contributed by atoms with Crippen LogP contribution < -0.4 is 10.6 Å². The van der Waals surface area contributed by atoms with Gasteiger partial charge in [-0.2, -0.15) is 26.3 Å². The van der Waals surface area contributed by atoms with Gasteiger partial charge in [0.05, 0.1) is 21.2 Å². The Balaban J connectivity index is 1.72. The highest BCUT2D eigenvalue weighted by Crippen LogP contribution is 2.36. The number of nitrogens with zero attached hydrogens (tertiary/aromatic N) is 2. The zero-order valence-electron chi connectivity index (χ0n) is 21.8. The summed E-state index contributed by atoms with van der Waals surface area (Å²) in [5.41, 5.74) is -3.75. The molecular formula is C26H26Cl2F6N4O3. The number of nitrogens with one attached hydrogen (secondary N) is 2. The molecule has 1 heterocycles. The highest BCUT2D eigenvalue weighted by molar-refractivity contribution is 6.42. The Morgan fingerprint density at radius 2 is 1.39 bits per heavy atom. The fourth-order valence-electron chi connectivity index (χ4n) is 4.10. The molecule has 224 valence electrons. The largest absolute Gasteiger partial charge is 0.416 e. The van der Waals surface area contributed by atoms with Gasteiger partial charge in [0, 0.05) is 37.4 Å². The molecule has 1 aliphatic rings. The SMILES string of the molecule is CCC(C)C(NC(=O)c1cc(C(F)(F)F)cc(C(F)(F)F)c1)C(=O)N1CCN(C(=O)Nc2ccc(Cl)c(Cl)c2)CC1. The van der Waals surface area contributed by atoms with Crippen molar-refractivity contribution in [3.63, 3.8) is 0 Å². The summed E-state index contributed by atoms with van der Waals surface area (Å²) in [4.78, 5) is 41.7. The molecule has 3 rings (SSSR count). The highest BCUT2D eigenvalue weighted by Gasteiger charge is 2.38. The van der Waals surface area contributed by atoms with Crippen molar-refractivity contribution in [1.29, 1.82) is 0 Å². The quantitative estimate of drug-likeness (QED) is 0.357. The maximum atomic E-state index is 13.4. The molecule has 1 aliphatic heterocycles. The van der Waals surface area contributed by atoms with Gasteiger partial charge in [0.25, 0.3) is 5.91 Å². The van der Waals surface area contributed by atoms with Crippen molar-refractivity contribution in [1.82, 2.24) is 15.1 Å². The van der Waals surface area contributed by atoms with E-state index < -0.39 is 58.8 Å². The van der Waals surface area contributed by atoms with E-state index in [1.54, 1.807) is 19.9 Å². The van der Waals surface area contributed by atoms with Crippen LogP contribution in [0.25, 0.3) is 0 Å². The first kappa shape index (κ1) is 32.3. The number of benzene rings is 2. The summed E-state index contributed by atoms with van der Waals surface area (Å²) < 4.78 is 79.5. The number of carbonyl (C=O) groups excluding carboxylic acids is 3. The van der Waals surface area contributed by atoms with E-state index in [-0.39, 0.29) is 37.3 Å². The third kappa shape index (κ3) is 8.19. The lowest BCUT2D eigenvalue weighted by Gasteiger charge is -2.37. The maximum Gasteiger partial charge on any atom is 0.416 e. The summed E-state index contributed by atoms with van der Waals surface area (Å²) in [5.74, 6) is -2.32. The fraction of sp³-hybridized carbons (Fsp3) is 0.423. The first-order valence-corrected chi connectivity index (χ1v) is 13.2. The zero-order valence-corrected chi connectivity index (χ0v) is 23.3. The molecule has 0 aromatic heterocycles. The van der Waals surface area contributed by atoms with Crippen LogP contribution in [0.4, 0.5) is 36.8 Å². The topological polar surface area (TPSA) is 81.8 Å². The second kappa shape index (κ2) is 12.8. The molecule has 2 unspecified atom stereocenters. The molecule has 2 aromatic rings. The summed E-state index contributed by atoms with van der Waals surface area (Å²) >= 11 is 11.8. The van der Waals surface area contributed by atoms with Crippen LogP contribution in [-0.2, 0) is 17.1 Å².